The molecule has 0 aliphatic heterocycles. The molecule has 0 radical (unpaired) electrons. The number of sulfonamides is 1. The van der Waals surface area contributed by atoms with Gasteiger partial charge in [0.1, 0.15) is 4.90 Å². The van der Waals surface area contributed by atoms with Gasteiger partial charge in [-0.1, -0.05) is 31.9 Å². The molecular weight excluding hydrogens is 384 g/mol. The van der Waals surface area contributed by atoms with Crippen LogP contribution in [0.2, 0.25) is 5.02 Å². The summed E-state index contributed by atoms with van der Waals surface area (Å²) in [5.74, 6) is 1.83. The Morgan fingerprint density at radius 3 is 2.52 bits per heavy atom. The molecule has 0 spiro atoms. The molecule has 0 aromatic heterocycles. The van der Waals surface area contributed by atoms with Crippen molar-refractivity contribution in [3.63, 3.8) is 0 Å². The predicted molar refractivity (Wildman–Crippen MR) is 107 cm³/mol. The number of fused-ring (bicyclic) bond motifs is 2. The highest BCUT2D eigenvalue weighted by atomic mass is 35.5. The number of hydrogen-bond acceptors (Lipinski definition) is 3. The first-order valence-corrected chi connectivity index (χ1v) is 11.7. The van der Waals surface area contributed by atoms with E-state index in [1.807, 2.05) is 0 Å². The highest BCUT2D eigenvalue weighted by molar-refractivity contribution is 7.89. The second-order valence-electron chi connectivity index (χ2n) is 7.84. The lowest BCUT2D eigenvalue weighted by Gasteiger charge is -2.28. The Kier molecular flexibility index (Phi) is 6.18. The van der Waals surface area contributed by atoms with Crippen LogP contribution in [0.1, 0.15) is 56.8 Å². The van der Waals surface area contributed by atoms with E-state index in [0.717, 1.165) is 5.92 Å². The standard InChI is InChI=1S/C20H29ClN2O3S/c1-4-23(5-2)27(25,26)19-12-16(8-9-18(19)21)20(24)22-13(3)17-11-14-6-7-15(17)10-14/h8-9,12-15,17H,4-7,10-11H2,1-3H3,(H,22,24). The highest BCUT2D eigenvalue weighted by Crippen LogP contribution is 2.49. The minimum absolute atomic E-state index is 0.00640. The van der Waals surface area contributed by atoms with E-state index in [-0.39, 0.29) is 21.9 Å². The molecule has 1 aromatic carbocycles. The summed E-state index contributed by atoms with van der Waals surface area (Å²) in [7, 11) is -3.72. The van der Waals surface area contributed by atoms with Crippen LogP contribution in [0, 0.1) is 17.8 Å². The lowest BCUT2D eigenvalue weighted by atomic mass is 9.84. The van der Waals surface area contributed by atoms with E-state index in [0.29, 0.717) is 30.5 Å². The molecule has 2 saturated carbocycles. The van der Waals surface area contributed by atoms with Crippen molar-refractivity contribution in [2.75, 3.05) is 13.1 Å². The Bertz CT molecular complexity index is 807. The zero-order valence-corrected chi connectivity index (χ0v) is 17.8. The maximum Gasteiger partial charge on any atom is 0.251 e. The first-order chi connectivity index (χ1) is 12.8. The maximum absolute atomic E-state index is 12.8. The van der Waals surface area contributed by atoms with Gasteiger partial charge in [-0.2, -0.15) is 4.31 Å². The molecule has 5 nitrogen and oxygen atoms in total. The Hall–Kier alpha value is -1.11. The SMILES string of the molecule is CCN(CC)S(=O)(=O)c1cc(C(=O)NC(C)C2CC3CCC2C3)ccc1Cl. The molecule has 27 heavy (non-hydrogen) atoms. The Balaban J connectivity index is 1.78. The molecule has 1 aromatic rings. The molecular formula is C20H29ClN2O3S. The maximum atomic E-state index is 12.8. The van der Waals surface area contributed by atoms with E-state index >= 15 is 0 Å². The van der Waals surface area contributed by atoms with Crippen molar-refractivity contribution in [3.8, 4) is 0 Å². The minimum atomic E-state index is -3.72. The lowest BCUT2D eigenvalue weighted by Crippen LogP contribution is -2.40. The molecule has 4 unspecified atom stereocenters. The fourth-order valence-corrected chi connectivity index (χ4v) is 6.81. The third kappa shape index (κ3) is 4.03. The van der Waals surface area contributed by atoms with Crippen LogP contribution < -0.4 is 5.32 Å². The number of nitrogens with zero attached hydrogens (tertiary/aromatic N) is 1. The smallest absolute Gasteiger partial charge is 0.251 e. The van der Waals surface area contributed by atoms with Crippen molar-refractivity contribution in [2.45, 2.75) is 57.4 Å². The van der Waals surface area contributed by atoms with E-state index in [1.165, 1.54) is 42.1 Å². The number of carbonyl (C=O) groups is 1. The Morgan fingerprint density at radius 1 is 1.26 bits per heavy atom. The van der Waals surface area contributed by atoms with Crippen LogP contribution in [0.15, 0.2) is 23.1 Å². The summed E-state index contributed by atoms with van der Waals surface area (Å²) >= 11 is 6.16. The second-order valence-corrected chi connectivity index (χ2v) is 10.1. The van der Waals surface area contributed by atoms with Gasteiger partial charge in [0, 0.05) is 24.7 Å². The predicted octanol–water partition coefficient (Wildman–Crippen LogP) is 3.93. The molecule has 1 amide bonds. The van der Waals surface area contributed by atoms with Crippen LogP contribution in [-0.4, -0.2) is 37.8 Å². The average Bonchev–Trinajstić information content (AvgIpc) is 3.26. The number of amides is 1. The van der Waals surface area contributed by atoms with Gasteiger partial charge < -0.3 is 5.32 Å². The summed E-state index contributed by atoms with van der Waals surface area (Å²) in [6.07, 6.45) is 5.07. The third-order valence-corrected chi connectivity index (χ3v) is 8.84. The minimum Gasteiger partial charge on any atom is -0.349 e. The number of carbonyl (C=O) groups excluding carboxylic acids is 1. The first-order valence-electron chi connectivity index (χ1n) is 9.88. The Labute approximate surface area is 167 Å². The van der Waals surface area contributed by atoms with Crippen molar-refractivity contribution in [1.29, 1.82) is 0 Å². The molecule has 7 heteroatoms. The van der Waals surface area contributed by atoms with Gasteiger partial charge in [0.2, 0.25) is 10.0 Å². The van der Waals surface area contributed by atoms with Gasteiger partial charge in [0.05, 0.1) is 5.02 Å². The van der Waals surface area contributed by atoms with Gasteiger partial charge in [-0.05, 0) is 62.1 Å². The van der Waals surface area contributed by atoms with Gasteiger partial charge >= 0.3 is 0 Å². The third-order valence-electron chi connectivity index (χ3n) is 6.31. The molecule has 1 N–H and O–H groups in total. The summed E-state index contributed by atoms with van der Waals surface area (Å²) in [6, 6.07) is 4.58. The Morgan fingerprint density at radius 2 is 1.96 bits per heavy atom. The molecule has 2 bridgehead atoms. The molecule has 2 fully saturated rings. The van der Waals surface area contributed by atoms with Crippen LogP contribution in [0.5, 0.6) is 0 Å². The van der Waals surface area contributed by atoms with Gasteiger partial charge in [-0.3, -0.25) is 4.79 Å². The second kappa shape index (κ2) is 8.10. The lowest BCUT2D eigenvalue weighted by molar-refractivity contribution is 0.0915. The van der Waals surface area contributed by atoms with Crippen molar-refractivity contribution in [3.05, 3.63) is 28.8 Å². The highest BCUT2D eigenvalue weighted by Gasteiger charge is 2.42. The summed E-state index contributed by atoms with van der Waals surface area (Å²) in [5, 5.41) is 3.23. The summed E-state index contributed by atoms with van der Waals surface area (Å²) in [5.41, 5.74) is 0.333. The molecule has 2 aliphatic rings. The first kappa shape index (κ1) is 20.6. The van der Waals surface area contributed by atoms with Crippen LogP contribution in [-0.2, 0) is 10.0 Å². The largest absolute Gasteiger partial charge is 0.349 e. The van der Waals surface area contributed by atoms with Crippen molar-refractivity contribution < 1.29 is 13.2 Å². The van der Waals surface area contributed by atoms with Gasteiger partial charge in [-0.15, -0.1) is 0 Å². The van der Waals surface area contributed by atoms with E-state index < -0.39 is 10.0 Å². The monoisotopic (exact) mass is 412 g/mol. The summed E-state index contributed by atoms with van der Waals surface area (Å²) in [6.45, 7) is 6.33. The fraction of sp³-hybridized carbons (Fsp3) is 0.650. The van der Waals surface area contributed by atoms with Crippen LogP contribution in [0.3, 0.4) is 0 Å². The topological polar surface area (TPSA) is 66.5 Å². The zero-order chi connectivity index (χ0) is 19.8. The van der Waals surface area contributed by atoms with Gasteiger partial charge in [0.25, 0.3) is 5.91 Å². The molecule has 2 aliphatic carbocycles. The number of halogens is 1. The molecule has 150 valence electrons. The normalized spacial score (nSPS) is 25.7. The summed E-state index contributed by atoms with van der Waals surface area (Å²) in [4.78, 5) is 12.7. The van der Waals surface area contributed by atoms with Gasteiger partial charge in [0.15, 0.2) is 0 Å². The molecule has 3 rings (SSSR count). The quantitative estimate of drug-likeness (QED) is 0.737. The molecule has 4 atom stereocenters. The van der Waals surface area contributed by atoms with Crippen LogP contribution in [0.4, 0.5) is 0 Å². The summed E-state index contributed by atoms with van der Waals surface area (Å²) < 4.78 is 27.0. The number of rotatable bonds is 7. The van der Waals surface area contributed by atoms with Crippen molar-refractivity contribution in [1.82, 2.24) is 9.62 Å². The van der Waals surface area contributed by atoms with Gasteiger partial charge in [-0.25, -0.2) is 8.42 Å². The van der Waals surface area contributed by atoms with Crippen LogP contribution in [0.25, 0.3) is 0 Å². The van der Waals surface area contributed by atoms with Crippen LogP contribution >= 0.6 is 11.6 Å². The van der Waals surface area contributed by atoms with E-state index in [2.05, 4.69) is 12.2 Å². The molecule has 0 heterocycles. The fourth-order valence-electron chi connectivity index (χ4n) is 4.85. The average molecular weight is 413 g/mol. The number of hydrogen-bond donors (Lipinski definition) is 1. The van der Waals surface area contributed by atoms with E-state index in [1.54, 1.807) is 19.9 Å². The van der Waals surface area contributed by atoms with Crippen molar-refractivity contribution >= 4 is 27.5 Å². The number of benzene rings is 1. The zero-order valence-electron chi connectivity index (χ0n) is 16.2. The molecule has 0 saturated heterocycles. The van der Waals surface area contributed by atoms with E-state index in [9.17, 15) is 13.2 Å². The van der Waals surface area contributed by atoms with Crippen molar-refractivity contribution in [2.24, 2.45) is 17.8 Å². The van der Waals surface area contributed by atoms with E-state index in [4.69, 9.17) is 11.6 Å². The number of nitrogens with one attached hydrogen (secondary N) is 1.